The van der Waals surface area contributed by atoms with Gasteiger partial charge in [-0.3, -0.25) is 14.4 Å². The monoisotopic (exact) mass is 331 g/mol. The minimum Gasteiger partial charge on any atom is -0.342 e. The molecule has 0 spiro atoms. The van der Waals surface area contributed by atoms with Crippen molar-refractivity contribution >= 4 is 5.91 Å². The average molecular weight is 331 g/mol. The van der Waals surface area contributed by atoms with Gasteiger partial charge in [-0.2, -0.15) is 5.10 Å². The Kier molecular flexibility index (Phi) is 4.85. The van der Waals surface area contributed by atoms with Gasteiger partial charge in [0.25, 0.3) is 0 Å². The minimum absolute atomic E-state index is 0.303. The molecule has 0 saturated carbocycles. The summed E-state index contributed by atoms with van der Waals surface area (Å²) in [6, 6.07) is 2.48. The Morgan fingerprint density at radius 2 is 1.79 bits per heavy atom. The second-order valence-corrected chi connectivity index (χ2v) is 7.54. The molecule has 4 rings (SSSR count). The Labute approximate surface area is 144 Å². The first-order chi connectivity index (χ1) is 11.8. The van der Waals surface area contributed by atoms with Crippen molar-refractivity contribution in [1.29, 1.82) is 0 Å². The predicted octanol–water partition coefficient (Wildman–Crippen LogP) is 1.35. The van der Waals surface area contributed by atoms with E-state index >= 15 is 0 Å². The molecule has 0 radical (unpaired) electrons. The molecule has 0 bridgehead atoms. The highest BCUT2D eigenvalue weighted by Crippen LogP contribution is 2.23. The van der Waals surface area contributed by atoms with Crippen LogP contribution < -0.4 is 0 Å². The minimum atomic E-state index is 0.303. The van der Waals surface area contributed by atoms with Crippen LogP contribution in [0.25, 0.3) is 0 Å². The zero-order valence-electron chi connectivity index (χ0n) is 14.6. The first-order valence-corrected chi connectivity index (χ1v) is 9.54. The molecule has 2 saturated heterocycles. The SMILES string of the molecule is O=C(CN1Cc2ccnn2C(CN2CCCCC2)C1)N1CCCC1. The summed E-state index contributed by atoms with van der Waals surface area (Å²) in [4.78, 5) is 19.4. The zero-order valence-corrected chi connectivity index (χ0v) is 14.6. The molecule has 1 unspecified atom stereocenters. The normalized spacial score (nSPS) is 25.8. The molecule has 0 N–H and O–H groups in total. The number of likely N-dealkylation sites (tertiary alicyclic amines) is 2. The van der Waals surface area contributed by atoms with E-state index in [2.05, 4.69) is 25.6 Å². The van der Waals surface area contributed by atoms with Crippen molar-refractivity contribution in [3.8, 4) is 0 Å². The van der Waals surface area contributed by atoms with Gasteiger partial charge >= 0.3 is 0 Å². The highest BCUT2D eigenvalue weighted by molar-refractivity contribution is 5.78. The number of rotatable bonds is 4. The number of nitrogens with zero attached hydrogens (tertiary/aromatic N) is 5. The van der Waals surface area contributed by atoms with Crippen molar-refractivity contribution in [3.63, 3.8) is 0 Å². The number of hydrogen-bond donors (Lipinski definition) is 0. The predicted molar refractivity (Wildman–Crippen MR) is 92.6 cm³/mol. The third-order valence-electron chi connectivity index (χ3n) is 5.69. The van der Waals surface area contributed by atoms with Gasteiger partial charge in [0.05, 0.1) is 18.3 Å². The third-order valence-corrected chi connectivity index (χ3v) is 5.69. The number of piperidine rings is 1. The highest BCUT2D eigenvalue weighted by Gasteiger charge is 2.30. The summed E-state index contributed by atoms with van der Waals surface area (Å²) in [6.45, 7) is 7.70. The average Bonchev–Trinajstić information content (AvgIpc) is 3.27. The molecule has 4 heterocycles. The topological polar surface area (TPSA) is 44.6 Å². The van der Waals surface area contributed by atoms with Crippen LogP contribution in [0, 0.1) is 0 Å². The van der Waals surface area contributed by atoms with Crippen LogP contribution in [0.5, 0.6) is 0 Å². The standard InChI is InChI=1S/C18H29N5O/c24-18(22-10-4-5-11-22)15-21-12-16-6-7-19-23(16)17(14-21)13-20-8-2-1-3-9-20/h6-7,17H,1-5,8-15H2. The van der Waals surface area contributed by atoms with Crippen molar-refractivity contribution in [3.05, 3.63) is 18.0 Å². The highest BCUT2D eigenvalue weighted by atomic mass is 16.2. The number of amides is 1. The zero-order chi connectivity index (χ0) is 16.4. The maximum atomic E-state index is 12.5. The lowest BCUT2D eigenvalue weighted by molar-refractivity contribution is -0.131. The quantitative estimate of drug-likeness (QED) is 0.835. The Hall–Kier alpha value is -1.40. The molecule has 1 aromatic rings. The molecular formula is C18H29N5O. The van der Waals surface area contributed by atoms with E-state index in [1.807, 2.05) is 11.1 Å². The molecule has 6 nitrogen and oxygen atoms in total. The molecule has 3 aliphatic rings. The number of carbonyl (C=O) groups excluding carboxylic acids is 1. The van der Waals surface area contributed by atoms with Crippen molar-refractivity contribution in [2.45, 2.75) is 44.7 Å². The fraction of sp³-hybridized carbons (Fsp3) is 0.778. The lowest BCUT2D eigenvalue weighted by Crippen LogP contribution is -2.47. The molecule has 1 atom stereocenters. The van der Waals surface area contributed by atoms with E-state index in [4.69, 9.17) is 0 Å². The van der Waals surface area contributed by atoms with Crippen LogP contribution in [0.4, 0.5) is 0 Å². The van der Waals surface area contributed by atoms with Crippen LogP contribution in [0.1, 0.15) is 43.8 Å². The maximum absolute atomic E-state index is 12.5. The molecule has 0 aliphatic carbocycles. The second kappa shape index (κ2) is 7.23. The Morgan fingerprint density at radius 1 is 1.04 bits per heavy atom. The summed E-state index contributed by atoms with van der Waals surface area (Å²) < 4.78 is 2.20. The van der Waals surface area contributed by atoms with Gasteiger partial charge in [0.2, 0.25) is 5.91 Å². The Morgan fingerprint density at radius 3 is 2.58 bits per heavy atom. The van der Waals surface area contributed by atoms with E-state index in [1.165, 1.54) is 38.0 Å². The Balaban J connectivity index is 1.41. The molecular weight excluding hydrogens is 302 g/mol. The molecule has 1 aromatic heterocycles. The molecule has 6 heteroatoms. The van der Waals surface area contributed by atoms with Crippen molar-refractivity contribution < 1.29 is 4.79 Å². The van der Waals surface area contributed by atoms with Crippen LogP contribution >= 0.6 is 0 Å². The van der Waals surface area contributed by atoms with Crippen molar-refractivity contribution in [1.82, 2.24) is 24.5 Å². The van der Waals surface area contributed by atoms with Crippen molar-refractivity contribution in [2.75, 3.05) is 45.8 Å². The van der Waals surface area contributed by atoms with Crippen LogP contribution in [0.3, 0.4) is 0 Å². The molecule has 3 aliphatic heterocycles. The molecule has 0 aromatic carbocycles. The fourth-order valence-electron chi connectivity index (χ4n) is 4.42. The van der Waals surface area contributed by atoms with Gasteiger partial charge in [-0.05, 0) is 44.8 Å². The van der Waals surface area contributed by atoms with E-state index in [0.29, 0.717) is 18.5 Å². The first kappa shape index (κ1) is 16.1. The largest absolute Gasteiger partial charge is 0.342 e. The lowest BCUT2D eigenvalue weighted by atomic mass is 10.1. The fourth-order valence-corrected chi connectivity index (χ4v) is 4.42. The summed E-state index contributed by atoms with van der Waals surface area (Å²) in [5.74, 6) is 0.303. The summed E-state index contributed by atoms with van der Waals surface area (Å²) in [6.07, 6.45) is 8.23. The first-order valence-electron chi connectivity index (χ1n) is 9.54. The smallest absolute Gasteiger partial charge is 0.236 e. The number of carbonyl (C=O) groups is 1. The number of fused-ring (bicyclic) bond motifs is 1. The number of hydrogen-bond acceptors (Lipinski definition) is 4. The second-order valence-electron chi connectivity index (χ2n) is 7.54. The van der Waals surface area contributed by atoms with E-state index in [0.717, 1.165) is 45.6 Å². The lowest BCUT2D eigenvalue weighted by Gasteiger charge is -2.37. The van der Waals surface area contributed by atoms with E-state index in [-0.39, 0.29) is 0 Å². The van der Waals surface area contributed by atoms with Crippen LogP contribution in [-0.2, 0) is 11.3 Å². The van der Waals surface area contributed by atoms with Gasteiger partial charge in [0, 0.05) is 38.9 Å². The van der Waals surface area contributed by atoms with Crippen LogP contribution in [0.15, 0.2) is 12.3 Å². The van der Waals surface area contributed by atoms with Crippen LogP contribution in [0.2, 0.25) is 0 Å². The summed E-state index contributed by atoms with van der Waals surface area (Å²) in [5, 5.41) is 4.56. The Bertz CT molecular complexity index is 560. The van der Waals surface area contributed by atoms with Gasteiger partial charge in [-0.1, -0.05) is 6.42 Å². The van der Waals surface area contributed by atoms with Gasteiger partial charge in [-0.15, -0.1) is 0 Å². The summed E-state index contributed by atoms with van der Waals surface area (Å²) in [5.41, 5.74) is 1.25. The van der Waals surface area contributed by atoms with Gasteiger partial charge in [0.15, 0.2) is 0 Å². The third kappa shape index (κ3) is 3.49. The molecule has 24 heavy (non-hydrogen) atoms. The van der Waals surface area contributed by atoms with E-state index in [9.17, 15) is 4.79 Å². The van der Waals surface area contributed by atoms with Crippen molar-refractivity contribution in [2.24, 2.45) is 0 Å². The van der Waals surface area contributed by atoms with Gasteiger partial charge < -0.3 is 9.80 Å². The van der Waals surface area contributed by atoms with E-state index in [1.54, 1.807) is 0 Å². The molecule has 132 valence electrons. The number of aromatic nitrogens is 2. The summed E-state index contributed by atoms with van der Waals surface area (Å²) >= 11 is 0. The maximum Gasteiger partial charge on any atom is 0.236 e. The van der Waals surface area contributed by atoms with Crippen LogP contribution in [-0.4, -0.2) is 76.2 Å². The van der Waals surface area contributed by atoms with Gasteiger partial charge in [0.1, 0.15) is 0 Å². The molecule has 1 amide bonds. The molecule has 2 fully saturated rings. The van der Waals surface area contributed by atoms with E-state index < -0.39 is 0 Å². The summed E-state index contributed by atoms with van der Waals surface area (Å²) in [7, 11) is 0. The van der Waals surface area contributed by atoms with Gasteiger partial charge in [-0.25, -0.2) is 0 Å².